The molecule has 0 saturated carbocycles. The number of anilines is 1. The predicted octanol–water partition coefficient (Wildman–Crippen LogP) is 2.97. The van der Waals surface area contributed by atoms with Crippen molar-refractivity contribution in [1.82, 2.24) is 20.0 Å². The van der Waals surface area contributed by atoms with E-state index in [1.54, 1.807) is 16.3 Å². The van der Waals surface area contributed by atoms with Gasteiger partial charge >= 0.3 is 0 Å². The van der Waals surface area contributed by atoms with Crippen LogP contribution >= 0.6 is 11.3 Å². The molecule has 2 aromatic heterocycles. The first-order valence-corrected chi connectivity index (χ1v) is 9.00. The average Bonchev–Trinajstić information content (AvgIpc) is 3.25. The van der Waals surface area contributed by atoms with Crippen LogP contribution in [-0.2, 0) is 11.3 Å². The van der Waals surface area contributed by atoms with Gasteiger partial charge in [-0.05, 0) is 18.2 Å². The van der Waals surface area contributed by atoms with Gasteiger partial charge in [-0.2, -0.15) is 0 Å². The quantitative estimate of drug-likeness (QED) is 0.723. The fourth-order valence-electron chi connectivity index (χ4n) is 2.72. The molecular formula is C17H15F2N5O2S. The number of amides is 1. The summed E-state index contributed by atoms with van der Waals surface area (Å²) in [4.78, 5) is 16.5. The number of carbonyl (C=O) groups excluding carboxylic acids is 1. The highest BCUT2D eigenvalue weighted by atomic mass is 32.1. The predicted molar refractivity (Wildman–Crippen MR) is 94.4 cm³/mol. The van der Waals surface area contributed by atoms with E-state index in [1.165, 1.54) is 0 Å². The lowest BCUT2D eigenvalue weighted by molar-refractivity contribution is -0.111. The number of thiazole rings is 1. The standard InChI is InChI=1S/C17H15F2N5O2S/c1-17(8-26-9-17)7-24-5-13(22-23-24)15(25)21-16-20-14(6-27-16)11-4-10(18)2-3-12(11)19/h2-6H,7-9H2,1H3,(H,20,21,25). The molecule has 4 rings (SSSR count). The number of nitrogens with zero attached hydrogens (tertiary/aromatic N) is 4. The lowest BCUT2D eigenvalue weighted by Gasteiger charge is -2.37. The van der Waals surface area contributed by atoms with Crippen molar-refractivity contribution in [2.45, 2.75) is 13.5 Å². The summed E-state index contributed by atoms with van der Waals surface area (Å²) < 4.78 is 34.0. The van der Waals surface area contributed by atoms with Crippen molar-refractivity contribution in [3.63, 3.8) is 0 Å². The molecule has 1 fully saturated rings. The van der Waals surface area contributed by atoms with E-state index >= 15 is 0 Å². The highest BCUT2D eigenvalue weighted by Crippen LogP contribution is 2.29. The number of nitrogens with one attached hydrogen (secondary N) is 1. The second kappa shape index (κ2) is 6.78. The molecule has 1 aliphatic rings. The lowest BCUT2D eigenvalue weighted by Crippen LogP contribution is -2.43. The van der Waals surface area contributed by atoms with Gasteiger partial charge in [-0.1, -0.05) is 12.1 Å². The van der Waals surface area contributed by atoms with Crippen molar-refractivity contribution in [3.8, 4) is 11.3 Å². The minimum Gasteiger partial charge on any atom is -0.380 e. The van der Waals surface area contributed by atoms with Crippen LogP contribution in [0.2, 0.25) is 0 Å². The molecular weight excluding hydrogens is 376 g/mol. The van der Waals surface area contributed by atoms with E-state index in [1.807, 2.05) is 0 Å². The zero-order valence-corrected chi connectivity index (χ0v) is 15.1. The van der Waals surface area contributed by atoms with Gasteiger partial charge in [0.25, 0.3) is 5.91 Å². The Morgan fingerprint density at radius 2 is 2.22 bits per heavy atom. The number of hydrogen-bond acceptors (Lipinski definition) is 6. The molecule has 1 N–H and O–H groups in total. The van der Waals surface area contributed by atoms with E-state index in [-0.39, 0.29) is 27.5 Å². The largest absolute Gasteiger partial charge is 0.380 e. The van der Waals surface area contributed by atoms with Crippen molar-refractivity contribution in [1.29, 1.82) is 0 Å². The molecule has 0 atom stereocenters. The Hall–Kier alpha value is -2.72. The molecule has 0 unspecified atom stereocenters. The summed E-state index contributed by atoms with van der Waals surface area (Å²) in [7, 11) is 0. The van der Waals surface area contributed by atoms with Crippen molar-refractivity contribution < 1.29 is 18.3 Å². The number of rotatable bonds is 5. The number of ether oxygens (including phenoxy) is 1. The highest BCUT2D eigenvalue weighted by molar-refractivity contribution is 7.14. The Morgan fingerprint density at radius 1 is 1.41 bits per heavy atom. The van der Waals surface area contributed by atoms with Gasteiger partial charge in [-0.25, -0.2) is 13.8 Å². The minimum atomic E-state index is -0.587. The third kappa shape index (κ3) is 3.71. The monoisotopic (exact) mass is 391 g/mol. The van der Waals surface area contributed by atoms with Crippen LogP contribution in [0, 0.1) is 17.0 Å². The summed E-state index contributed by atoms with van der Waals surface area (Å²) in [6.07, 6.45) is 1.56. The van der Waals surface area contributed by atoms with Crippen LogP contribution in [0.25, 0.3) is 11.3 Å². The van der Waals surface area contributed by atoms with Crippen LogP contribution in [0.15, 0.2) is 29.8 Å². The van der Waals surface area contributed by atoms with Crippen LogP contribution in [0.1, 0.15) is 17.4 Å². The van der Waals surface area contributed by atoms with E-state index in [0.29, 0.717) is 19.8 Å². The van der Waals surface area contributed by atoms with E-state index in [4.69, 9.17) is 4.74 Å². The Morgan fingerprint density at radius 3 is 2.96 bits per heavy atom. The van der Waals surface area contributed by atoms with Crippen molar-refractivity contribution >= 4 is 22.4 Å². The molecule has 10 heteroatoms. The van der Waals surface area contributed by atoms with Crippen LogP contribution in [0.5, 0.6) is 0 Å². The van der Waals surface area contributed by atoms with Crippen LogP contribution in [0.3, 0.4) is 0 Å². The molecule has 1 amide bonds. The molecule has 7 nitrogen and oxygen atoms in total. The summed E-state index contributed by atoms with van der Waals surface area (Å²) in [5.74, 6) is -1.62. The van der Waals surface area contributed by atoms with E-state index < -0.39 is 17.5 Å². The molecule has 0 aliphatic carbocycles. The summed E-state index contributed by atoms with van der Waals surface area (Å²) in [5, 5.41) is 12.2. The average molecular weight is 391 g/mol. The first kappa shape index (κ1) is 17.7. The summed E-state index contributed by atoms with van der Waals surface area (Å²) in [6.45, 7) is 3.97. The summed E-state index contributed by atoms with van der Waals surface area (Å²) in [6, 6.07) is 3.13. The van der Waals surface area contributed by atoms with Gasteiger partial charge in [0.15, 0.2) is 10.8 Å². The van der Waals surface area contributed by atoms with Crippen molar-refractivity contribution in [2.24, 2.45) is 5.41 Å². The molecule has 1 aromatic carbocycles. The van der Waals surface area contributed by atoms with Crippen molar-refractivity contribution in [2.75, 3.05) is 18.5 Å². The topological polar surface area (TPSA) is 81.9 Å². The Kier molecular flexibility index (Phi) is 4.44. The fourth-order valence-corrected chi connectivity index (χ4v) is 3.43. The molecule has 3 aromatic rings. The molecule has 27 heavy (non-hydrogen) atoms. The normalized spacial score (nSPS) is 15.4. The van der Waals surface area contributed by atoms with Gasteiger partial charge in [0.05, 0.1) is 31.6 Å². The molecule has 3 heterocycles. The van der Waals surface area contributed by atoms with Gasteiger partial charge in [-0.3, -0.25) is 14.8 Å². The smallest absolute Gasteiger partial charge is 0.279 e. The van der Waals surface area contributed by atoms with Gasteiger partial charge in [0.1, 0.15) is 11.6 Å². The fraction of sp³-hybridized carbons (Fsp3) is 0.294. The van der Waals surface area contributed by atoms with Crippen LogP contribution in [0.4, 0.5) is 13.9 Å². The van der Waals surface area contributed by atoms with Crippen LogP contribution < -0.4 is 5.32 Å². The first-order valence-electron chi connectivity index (χ1n) is 8.12. The molecule has 1 saturated heterocycles. The highest BCUT2D eigenvalue weighted by Gasteiger charge is 2.34. The zero-order valence-electron chi connectivity index (χ0n) is 14.3. The minimum absolute atomic E-state index is 0.000680. The maximum absolute atomic E-state index is 13.8. The number of benzene rings is 1. The number of aromatic nitrogens is 4. The second-order valence-corrected chi connectivity index (χ2v) is 7.58. The third-order valence-electron chi connectivity index (χ3n) is 4.15. The Bertz CT molecular complexity index is 999. The SMILES string of the molecule is CC1(Cn2cc(C(=O)Nc3nc(-c4cc(F)ccc4F)cs3)nn2)COC1. The van der Waals surface area contributed by atoms with Gasteiger partial charge in [0.2, 0.25) is 0 Å². The number of hydrogen-bond donors (Lipinski definition) is 1. The maximum atomic E-state index is 13.8. The van der Waals surface area contributed by atoms with Gasteiger partial charge in [0, 0.05) is 16.4 Å². The zero-order chi connectivity index (χ0) is 19.0. The Labute approximate surface area is 157 Å². The van der Waals surface area contributed by atoms with Crippen molar-refractivity contribution in [3.05, 3.63) is 47.1 Å². The number of halogens is 2. The molecule has 1 aliphatic heterocycles. The van der Waals surface area contributed by atoms with E-state index in [0.717, 1.165) is 29.5 Å². The first-order chi connectivity index (χ1) is 12.9. The molecule has 0 bridgehead atoms. The summed E-state index contributed by atoms with van der Waals surface area (Å²) >= 11 is 1.11. The van der Waals surface area contributed by atoms with E-state index in [9.17, 15) is 13.6 Å². The lowest BCUT2D eigenvalue weighted by atomic mass is 9.89. The molecule has 140 valence electrons. The third-order valence-corrected chi connectivity index (χ3v) is 4.90. The maximum Gasteiger partial charge on any atom is 0.279 e. The molecule has 0 radical (unpaired) electrons. The van der Waals surface area contributed by atoms with Crippen LogP contribution in [-0.4, -0.2) is 39.1 Å². The van der Waals surface area contributed by atoms with Gasteiger partial charge < -0.3 is 4.74 Å². The second-order valence-electron chi connectivity index (χ2n) is 6.72. The number of carbonyl (C=O) groups is 1. The summed E-state index contributed by atoms with van der Waals surface area (Å²) in [5.41, 5.74) is 0.427. The van der Waals surface area contributed by atoms with E-state index in [2.05, 4.69) is 27.5 Å². The Balaban J connectivity index is 1.45. The van der Waals surface area contributed by atoms with Gasteiger partial charge in [-0.15, -0.1) is 16.4 Å². The molecule has 0 spiro atoms.